The molecule has 0 N–H and O–H groups in total. The summed E-state index contributed by atoms with van der Waals surface area (Å²) in [7, 11) is 3.70. The Hall–Kier alpha value is -2.47. The Morgan fingerprint density at radius 3 is 2.21 bits per heavy atom. The molecule has 96 valence electrons. The molecule has 3 nitrogen and oxygen atoms in total. The Kier molecular flexibility index (Phi) is 4.04. The topological polar surface area (TPSA) is 36.3 Å². The van der Waals surface area contributed by atoms with Crippen LogP contribution in [0.3, 0.4) is 0 Å². The maximum atomic E-state index is 8.78. The molecule has 0 bridgehead atoms. The number of hydrogen-bond donors (Lipinski definition) is 0. The number of nitrogens with zero attached hydrogens (tertiary/aromatic N) is 2. The highest BCUT2D eigenvalue weighted by Gasteiger charge is 2.02. The Morgan fingerprint density at radius 2 is 1.68 bits per heavy atom. The van der Waals surface area contributed by atoms with E-state index in [9.17, 15) is 0 Å². The molecule has 0 saturated carbocycles. The van der Waals surface area contributed by atoms with Gasteiger partial charge < -0.3 is 9.64 Å². The number of hydrogen-bond acceptors (Lipinski definition) is 3. The van der Waals surface area contributed by atoms with E-state index >= 15 is 0 Å². The van der Waals surface area contributed by atoms with Gasteiger partial charge in [0.15, 0.2) is 0 Å². The minimum atomic E-state index is 0.682. The number of ether oxygens (including phenoxy) is 1. The molecular formula is C16H16N2O. The Morgan fingerprint density at radius 1 is 1.05 bits per heavy atom. The van der Waals surface area contributed by atoms with Crippen molar-refractivity contribution in [1.29, 1.82) is 5.26 Å². The molecule has 0 aliphatic rings. The van der Waals surface area contributed by atoms with Gasteiger partial charge in [0.1, 0.15) is 5.75 Å². The summed E-state index contributed by atoms with van der Waals surface area (Å²) >= 11 is 0. The minimum Gasteiger partial charge on any atom is -0.497 e. The lowest BCUT2D eigenvalue weighted by atomic mass is 10.1. The smallest absolute Gasteiger partial charge is 0.118 e. The summed E-state index contributed by atoms with van der Waals surface area (Å²) in [6.45, 7) is 0.815. The fourth-order valence-electron chi connectivity index (χ4n) is 1.89. The largest absolute Gasteiger partial charge is 0.497 e. The average molecular weight is 252 g/mol. The summed E-state index contributed by atoms with van der Waals surface area (Å²) in [5, 5.41) is 8.78. The van der Waals surface area contributed by atoms with Gasteiger partial charge in [-0.25, -0.2) is 0 Å². The van der Waals surface area contributed by atoms with Crippen LogP contribution in [-0.4, -0.2) is 14.2 Å². The monoisotopic (exact) mass is 252 g/mol. The SMILES string of the molecule is COc1ccc(CN(C)c2ccc(C#N)cc2)cc1. The van der Waals surface area contributed by atoms with Gasteiger partial charge >= 0.3 is 0 Å². The van der Waals surface area contributed by atoms with Gasteiger partial charge in [0.25, 0.3) is 0 Å². The highest BCUT2D eigenvalue weighted by atomic mass is 16.5. The van der Waals surface area contributed by atoms with E-state index in [1.165, 1.54) is 5.56 Å². The van der Waals surface area contributed by atoms with E-state index in [2.05, 4.69) is 23.1 Å². The van der Waals surface area contributed by atoms with E-state index in [4.69, 9.17) is 10.00 Å². The van der Waals surface area contributed by atoms with E-state index in [0.29, 0.717) is 5.56 Å². The average Bonchev–Trinajstić information content (AvgIpc) is 2.48. The van der Waals surface area contributed by atoms with Crippen LogP contribution in [0.1, 0.15) is 11.1 Å². The lowest BCUT2D eigenvalue weighted by Crippen LogP contribution is -2.16. The summed E-state index contributed by atoms with van der Waals surface area (Å²) in [6.07, 6.45) is 0. The first-order chi connectivity index (χ1) is 9.22. The fraction of sp³-hybridized carbons (Fsp3) is 0.188. The summed E-state index contributed by atoms with van der Waals surface area (Å²) in [4.78, 5) is 2.14. The summed E-state index contributed by atoms with van der Waals surface area (Å²) in [6, 6.07) is 17.7. The molecule has 3 heteroatoms. The third kappa shape index (κ3) is 3.26. The van der Waals surface area contributed by atoms with Gasteiger partial charge in [-0.05, 0) is 42.0 Å². The fourth-order valence-corrected chi connectivity index (χ4v) is 1.89. The molecule has 0 aliphatic carbocycles. The molecular weight excluding hydrogens is 236 g/mol. The van der Waals surface area contributed by atoms with Crippen LogP contribution < -0.4 is 9.64 Å². The summed E-state index contributed by atoms with van der Waals surface area (Å²) < 4.78 is 5.14. The van der Waals surface area contributed by atoms with Gasteiger partial charge in [0.05, 0.1) is 18.7 Å². The van der Waals surface area contributed by atoms with Gasteiger partial charge in [-0.2, -0.15) is 5.26 Å². The van der Waals surface area contributed by atoms with Crippen molar-refractivity contribution >= 4 is 5.69 Å². The van der Waals surface area contributed by atoms with E-state index in [1.807, 2.05) is 43.4 Å². The second-order valence-electron chi connectivity index (χ2n) is 4.36. The number of methoxy groups -OCH3 is 1. The maximum Gasteiger partial charge on any atom is 0.118 e. The normalized spacial score (nSPS) is 9.74. The molecule has 19 heavy (non-hydrogen) atoms. The first kappa shape index (κ1) is 13.0. The zero-order valence-electron chi connectivity index (χ0n) is 11.1. The highest BCUT2D eigenvalue weighted by molar-refractivity contribution is 5.49. The van der Waals surface area contributed by atoms with Crippen LogP contribution in [-0.2, 0) is 6.54 Å². The van der Waals surface area contributed by atoms with Crippen LogP contribution in [0.2, 0.25) is 0 Å². The Labute approximate surface area is 113 Å². The van der Waals surface area contributed by atoms with Crippen molar-refractivity contribution in [3.63, 3.8) is 0 Å². The van der Waals surface area contributed by atoms with Gasteiger partial charge in [-0.1, -0.05) is 12.1 Å². The number of rotatable bonds is 4. The van der Waals surface area contributed by atoms with Crippen molar-refractivity contribution in [2.75, 3.05) is 19.1 Å². The van der Waals surface area contributed by atoms with Crippen molar-refractivity contribution in [2.24, 2.45) is 0 Å². The van der Waals surface area contributed by atoms with Gasteiger partial charge in [0.2, 0.25) is 0 Å². The molecule has 0 aliphatic heterocycles. The molecule has 0 spiro atoms. The van der Waals surface area contributed by atoms with Crippen LogP contribution in [0.15, 0.2) is 48.5 Å². The zero-order chi connectivity index (χ0) is 13.7. The van der Waals surface area contributed by atoms with Crippen molar-refractivity contribution in [2.45, 2.75) is 6.54 Å². The molecule has 0 unspecified atom stereocenters. The van der Waals surface area contributed by atoms with Crippen molar-refractivity contribution in [1.82, 2.24) is 0 Å². The van der Waals surface area contributed by atoms with Gasteiger partial charge in [0, 0.05) is 19.3 Å². The quantitative estimate of drug-likeness (QED) is 0.838. The predicted octanol–water partition coefficient (Wildman–Crippen LogP) is 3.20. The number of benzene rings is 2. The van der Waals surface area contributed by atoms with E-state index in [1.54, 1.807) is 7.11 Å². The van der Waals surface area contributed by atoms with Crippen LogP contribution >= 0.6 is 0 Å². The second-order valence-corrected chi connectivity index (χ2v) is 4.36. The van der Waals surface area contributed by atoms with E-state index < -0.39 is 0 Å². The standard InChI is InChI=1S/C16H16N2O/c1-18(15-7-3-13(11-17)4-8-15)12-14-5-9-16(19-2)10-6-14/h3-10H,12H2,1-2H3. The van der Waals surface area contributed by atoms with E-state index in [0.717, 1.165) is 18.0 Å². The van der Waals surface area contributed by atoms with Gasteiger partial charge in [-0.3, -0.25) is 0 Å². The number of nitriles is 1. The third-order valence-electron chi connectivity index (χ3n) is 3.02. The Bertz CT molecular complexity index is 567. The second kappa shape index (κ2) is 5.92. The summed E-state index contributed by atoms with van der Waals surface area (Å²) in [5.41, 5.74) is 2.99. The molecule has 0 fully saturated rings. The molecule has 0 atom stereocenters. The third-order valence-corrected chi connectivity index (χ3v) is 3.02. The van der Waals surface area contributed by atoms with Crippen LogP contribution in [0.25, 0.3) is 0 Å². The van der Waals surface area contributed by atoms with E-state index in [-0.39, 0.29) is 0 Å². The predicted molar refractivity (Wildman–Crippen MR) is 76.3 cm³/mol. The van der Waals surface area contributed by atoms with Crippen LogP contribution in [0.4, 0.5) is 5.69 Å². The number of anilines is 1. The van der Waals surface area contributed by atoms with Crippen molar-refractivity contribution in [3.8, 4) is 11.8 Å². The van der Waals surface area contributed by atoms with Crippen LogP contribution in [0.5, 0.6) is 5.75 Å². The molecule has 2 aromatic rings. The van der Waals surface area contributed by atoms with Gasteiger partial charge in [-0.15, -0.1) is 0 Å². The molecule has 2 rings (SSSR count). The molecule has 0 saturated heterocycles. The van der Waals surface area contributed by atoms with Crippen molar-refractivity contribution in [3.05, 3.63) is 59.7 Å². The lowest BCUT2D eigenvalue weighted by Gasteiger charge is -2.19. The molecule has 0 heterocycles. The first-order valence-electron chi connectivity index (χ1n) is 6.07. The Balaban J connectivity index is 2.06. The minimum absolute atomic E-state index is 0.682. The molecule has 2 aromatic carbocycles. The summed E-state index contributed by atoms with van der Waals surface area (Å²) in [5.74, 6) is 0.866. The lowest BCUT2D eigenvalue weighted by molar-refractivity contribution is 0.414. The molecule has 0 aromatic heterocycles. The molecule has 0 amide bonds. The zero-order valence-corrected chi connectivity index (χ0v) is 11.1. The van der Waals surface area contributed by atoms with Crippen molar-refractivity contribution < 1.29 is 4.74 Å². The highest BCUT2D eigenvalue weighted by Crippen LogP contribution is 2.18. The molecule has 0 radical (unpaired) electrons. The van der Waals surface area contributed by atoms with Crippen LogP contribution in [0, 0.1) is 11.3 Å². The first-order valence-corrected chi connectivity index (χ1v) is 6.07. The maximum absolute atomic E-state index is 8.78.